The number of aromatic nitrogens is 1. The van der Waals surface area contributed by atoms with Crippen molar-refractivity contribution in [3.8, 4) is 11.3 Å². The first kappa shape index (κ1) is 18.8. The molecule has 1 amide bonds. The van der Waals surface area contributed by atoms with Gasteiger partial charge in [-0.25, -0.2) is 4.98 Å². The van der Waals surface area contributed by atoms with Gasteiger partial charge < -0.3 is 5.32 Å². The maximum atomic E-state index is 13.0. The molecule has 4 aromatic rings. The Morgan fingerprint density at radius 3 is 2.55 bits per heavy atom. The summed E-state index contributed by atoms with van der Waals surface area (Å²) in [7, 11) is 0. The molecule has 6 nitrogen and oxygen atoms in total. The van der Waals surface area contributed by atoms with Crippen LogP contribution < -0.4 is 5.32 Å². The van der Waals surface area contributed by atoms with Gasteiger partial charge in [0.25, 0.3) is 11.6 Å². The summed E-state index contributed by atoms with van der Waals surface area (Å²) in [5, 5.41) is 14.5. The van der Waals surface area contributed by atoms with E-state index in [9.17, 15) is 14.9 Å². The highest BCUT2D eigenvalue weighted by Gasteiger charge is 2.15. The first-order valence-corrected chi connectivity index (χ1v) is 9.52. The van der Waals surface area contributed by atoms with Gasteiger partial charge in [0.1, 0.15) is 0 Å². The number of benzene rings is 3. The van der Waals surface area contributed by atoms with Gasteiger partial charge in [0.05, 0.1) is 21.7 Å². The summed E-state index contributed by atoms with van der Waals surface area (Å²) >= 11 is 3.46. The maximum Gasteiger partial charge on any atom is 0.271 e. The molecule has 0 atom stereocenters. The summed E-state index contributed by atoms with van der Waals surface area (Å²) in [5.41, 5.74) is 2.93. The van der Waals surface area contributed by atoms with Crippen molar-refractivity contribution in [3.63, 3.8) is 0 Å². The summed E-state index contributed by atoms with van der Waals surface area (Å²) in [6, 6.07) is 22.6. The number of nitrogens with zero attached hydrogens (tertiary/aromatic N) is 2. The number of rotatable bonds is 4. The third-order valence-electron chi connectivity index (χ3n) is 4.40. The molecule has 142 valence electrons. The fourth-order valence-electron chi connectivity index (χ4n) is 3.05. The van der Waals surface area contributed by atoms with E-state index < -0.39 is 4.92 Å². The third-order valence-corrected chi connectivity index (χ3v) is 4.89. The third kappa shape index (κ3) is 4.00. The van der Waals surface area contributed by atoms with Gasteiger partial charge in [-0.15, -0.1) is 0 Å². The van der Waals surface area contributed by atoms with Gasteiger partial charge in [-0.05, 0) is 30.3 Å². The number of nitrogens with one attached hydrogen (secondary N) is 1. The molecule has 0 saturated heterocycles. The lowest BCUT2D eigenvalue weighted by Gasteiger charge is -2.11. The smallest absolute Gasteiger partial charge is 0.271 e. The minimum absolute atomic E-state index is 0.0859. The van der Waals surface area contributed by atoms with E-state index in [0.717, 1.165) is 10.0 Å². The number of anilines is 1. The van der Waals surface area contributed by atoms with Crippen molar-refractivity contribution >= 4 is 44.1 Å². The summed E-state index contributed by atoms with van der Waals surface area (Å²) < 4.78 is 0.910. The van der Waals surface area contributed by atoms with E-state index >= 15 is 0 Å². The van der Waals surface area contributed by atoms with E-state index in [2.05, 4.69) is 26.2 Å². The topological polar surface area (TPSA) is 85.1 Å². The van der Waals surface area contributed by atoms with Crippen LogP contribution >= 0.6 is 15.9 Å². The van der Waals surface area contributed by atoms with E-state index in [4.69, 9.17) is 0 Å². The minimum Gasteiger partial charge on any atom is -0.322 e. The molecule has 3 aromatic carbocycles. The highest BCUT2D eigenvalue weighted by atomic mass is 79.9. The molecule has 0 bridgehead atoms. The van der Waals surface area contributed by atoms with Crippen molar-refractivity contribution in [1.29, 1.82) is 0 Å². The number of fused-ring (bicyclic) bond motifs is 1. The second kappa shape index (κ2) is 7.81. The van der Waals surface area contributed by atoms with Crippen LogP contribution in [-0.4, -0.2) is 15.8 Å². The predicted octanol–water partition coefficient (Wildman–Crippen LogP) is 5.82. The second-order valence-corrected chi connectivity index (χ2v) is 7.26. The fraction of sp³-hybridized carbons (Fsp3) is 0. The van der Waals surface area contributed by atoms with Crippen LogP contribution in [0.5, 0.6) is 0 Å². The first-order chi connectivity index (χ1) is 14.0. The van der Waals surface area contributed by atoms with Gasteiger partial charge in [-0.2, -0.15) is 0 Å². The minimum atomic E-state index is -0.497. The van der Waals surface area contributed by atoms with Crippen LogP contribution in [0.15, 0.2) is 83.3 Å². The molecule has 0 aliphatic heterocycles. The van der Waals surface area contributed by atoms with Crippen LogP contribution in [0.2, 0.25) is 0 Å². The zero-order chi connectivity index (χ0) is 20.4. The SMILES string of the molecule is O=C(Nc1cccc([N+](=O)[O-])c1)c1cc(-c2cccc(Br)c2)nc2ccccc12. The van der Waals surface area contributed by atoms with E-state index in [1.54, 1.807) is 12.1 Å². The van der Waals surface area contributed by atoms with E-state index in [1.165, 1.54) is 18.2 Å². The average Bonchev–Trinajstić information content (AvgIpc) is 2.73. The number of nitro benzene ring substituents is 1. The number of hydrogen-bond acceptors (Lipinski definition) is 4. The zero-order valence-corrected chi connectivity index (χ0v) is 16.6. The lowest BCUT2D eigenvalue weighted by Crippen LogP contribution is -2.13. The quantitative estimate of drug-likeness (QED) is 0.315. The number of para-hydroxylation sites is 1. The van der Waals surface area contributed by atoms with Crippen LogP contribution in [0.1, 0.15) is 10.4 Å². The monoisotopic (exact) mass is 447 g/mol. The van der Waals surface area contributed by atoms with Crippen LogP contribution in [0.4, 0.5) is 11.4 Å². The molecule has 0 spiro atoms. The number of amides is 1. The number of non-ortho nitro benzene ring substituents is 1. The summed E-state index contributed by atoms with van der Waals surface area (Å²) in [6.45, 7) is 0. The molecule has 0 aliphatic carbocycles. The van der Waals surface area contributed by atoms with Crippen molar-refractivity contribution in [1.82, 2.24) is 4.98 Å². The Kier molecular flexibility index (Phi) is 5.05. The molecule has 7 heteroatoms. The Bertz CT molecular complexity index is 1260. The van der Waals surface area contributed by atoms with Crippen molar-refractivity contribution in [3.05, 3.63) is 99.0 Å². The average molecular weight is 448 g/mol. The van der Waals surface area contributed by atoms with Crippen molar-refractivity contribution < 1.29 is 9.72 Å². The largest absolute Gasteiger partial charge is 0.322 e. The highest BCUT2D eigenvalue weighted by molar-refractivity contribution is 9.10. The Morgan fingerprint density at radius 1 is 0.966 bits per heavy atom. The number of carbonyl (C=O) groups is 1. The summed E-state index contributed by atoms with van der Waals surface area (Å²) in [4.78, 5) is 28.2. The molecule has 1 N–H and O–H groups in total. The maximum absolute atomic E-state index is 13.0. The molecule has 0 fully saturated rings. The lowest BCUT2D eigenvalue weighted by molar-refractivity contribution is -0.384. The molecular formula is C22H14BrN3O3. The van der Waals surface area contributed by atoms with Crippen molar-refractivity contribution in [2.75, 3.05) is 5.32 Å². The number of hydrogen-bond donors (Lipinski definition) is 1. The van der Waals surface area contributed by atoms with Gasteiger partial charge in [0.15, 0.2) is 0 Å². The predicted molar refractivity (Wildman–Crippen MR) is 116 cm³/mol. The molecule has 29 heavy (non-hydrogen) atoms. The molecule has 0 saturated carbocycles. The Morgan fingerprint density at radius 2 is 1.76 bits per heavy atom. The van der Waals surface area contributed by atoms with Gasteiger partial charge in [0.2, 0.25) is 0 Å². The number of halogens is 1. The van der Waals surface area contributed by atoms with Crippen LogP contribution in [0, 0.1) is 10.1 Å². The second-order valence-electron chi connectivity index (χ2n) is 6.34. The standard InChI is InChI=1S/C22H14BrN3O3/c23-15-6-3-5-14(11-15)21-13-19(18-9-1-2-10-20(18)25-21)22(27)24-16-7-4-8-17(12-16)26(28)29/h1-13H,(H,24,27). The van der Waals surface area contributed by atoms with Gasteiger partial charge >= 0.3 is 0 Å². The Labute approximate surface area is 174 Å². The number of carbonyl (C=O) groups excluding carboxylic acids is 1. The van der Waals surface area contributed by atoms with Gasteiger partial charge in [-0.3, -0.25) is 14.9 Å². The summed E-state index contributed by atoms with van der Waals surface area (Å²) in [5.74, 6) is -0.361. The molecule has 1 heterocycles. The van der Waals surface area contributed by atoms with E-state index in [-0.39, 0.29) is 11.6 Å². The van der Waals surface area contributed by atoms with Crippen LogP contribution in [-0.2, 0) is 0 Å². The van der Waals surface area contributed by atoms with Crippen molar-refractivity contribution in [2.24, 2.45) is 0 Å². The van der Waals surface area contributed by atoms with Gasteiger partial charge in [-0.1, -0.05) is 52.3 Å². The zero-order valence-electron chi connectivity index (χ0n) is 15.0. The van der Waals surface area contributed by atoms with E-state index in [0.29, 0.717) is 27.8 Å². The first-order valence-electron chi connectivity index (χ1n) is 8.73. The number of pyridine rings is 1. The molecule has 1 aromatic heterocycles. The normalized spacial score (nSPS) is 10.7. The lowest BCUT2D eigenvalue weighted by atomic mass is 10.0. The highest BCUT2D eigenvalue weighted by Crippen LogP contribution is 2.27. The van der Waals surface area contributed by atoms with Crippen LogP contribution in [0.25, 0.3) is 22.2 Å². The van der Waals surface area contributed by atoms with Crippen molar-refractivity contribution in [2.45, 2.75) is 0 Å². The van der Waals surface area contributed by atoms with Gasteiger partial charge in [0, 0.05) is 33.2 Å². The summed E-state index contributed by atoms with van der Waals surface area (Å²) in [6.07, 6.45) is 0. The van der Waals surface area contributed by atoms with E-state index in [1.807, 2.05) is 48.5 Å². The Hall–Kier alpha value is -3.58. The number of nitro groups is 1. The molecule has 0 unspecified atom stereocenters. The molecule has 4 rings (SSSR count). The Balaban J connectivity index is 1.78. The fourth-order valence-corrected chi connectivity index (χ4v) is 3.45. The van der Waals surface area contributed by atoms with Crippen LogP contribution in [0.3, 0.4) is 0 Å². The molecular weight excluding hydrogens is 434 g/mol. The molecule has 0 radical (unpaired) electrons. The molecule has 0 aliphatic rings.